The summed E-state index contributed by atoms with van der Waals surface area (Å²) >= 11 is 0. The van der Waals surface area contributed by atoms with E-state index in [0.29, 0.717) is 17.8 Å². The summed E-state index contributed by atoms with van der Waals surface area (Å²) in [6.45, 7) is 6.17. The van der Waals surface area contributed by atoms with Gasteiger partial charge in [0.2, 0.25) is 11.8 Å². The summed E-state index contributed by atoms with van der Waals surface area (Å²) in [5.74, 6) is 1.27. The lowest BCUT2D eigenvalue weighted by molar-refractivity contribution is 0.152. The van der Waals surface area contributed by atoms with E-state index >= 15 is 0 Å². The number of aromatic nitrogens is 4. The first-order chi connectivity index (χ1) is 12.2. The number of aryl methyl sites for hydroxylation is 1. The van der Waals surface area contributed by atoms with Gasteiger partial charge < -0.3 is 4.42 Å². The zero-order valence-corrected chi connectivity index (χ0v) is 14.7. The van der Waals surface area contributed by atoms with E-state index in [1.165, 1.54) is 18.4 Å². The van der Waals surface area contributed by atoms with Gasteiger partial charge in [-0.25, -0.2) is 0 Å². The molecule has 0 amide bonds. The fraction of sp³-hybridized carbons (Fsp3) is 0.421. The number of rotatable bonds is 5. The van der Waals surface area contributed by atoms with Gasteiger partial charge in [0.25, 0.3) is 0 Å². The predicted molar refractivity (Wildman–Crippen MR) is 94.8 cm³/mol. The van der Waals surface area contributed by atoms with Crippen LogP contribution >= 0.6 is 0 Å². The van der Waals surface area contributed by atoms with Crippen molar-refractivity contribution in [3.05, 3.63) is 54.2 Å². The van der Waals surface area contributed by atoms with Crippen molar-refractivity contribution < 1.29 is 4.42 Å². The van der Waals surface area contributed by atoms with Crippen LogP contribution in [0.2, 0.25) is 0 Å². The van der Waals surface area contributed by atoms with Crippen LogP contribution in [0, 0.1) is 6.92 Å². The number of hydrogen-bond acceptors (Lipinski definition) is 5. The van der Waals surface area contributed by atoms with Crippen LogP contribution in [0.1, 0.15) is 37.3 Å². The molecular weight excluding hydrogens is 314 g/mol. The lowest BCUT2D eigenvalue weighted by Gasteiger charge is -2.28. The molecule has 1 fully saturated rings. The monoisotopic (exact) mass is 337 g/mol. The second-order valence-corrected chi connectivity index (χ2v) is 6.76. The molecule has 0 aliphatic carbocycles. The van der Waals surface area contributed by atoms with Crippen molar-refractivity contribution in [3.63, 3.8) is 0 Å². The molecule has 6 nitrogen and oxygen atoms in total. The lowest BCUT2D eigenvalue weighted by atomic mass is 10.2. The largest absolute Gasteiger partial charge is 0.419 e. The molecule has 2 aromatic heterocycles. The number of likely N-dealkylation sites (tertiary alicyclic amines) is 1. The molecule has 1 aliphatic rings. The van der Waals surface area contributed by atoms with E-state index in [1.54, 1.807) is 0 Å². The van der Waals surface area contributed by atoms with Gasteiger partial charge in [0.05, 0.1) is 18.8 Å². The van der Waals surface area contributed by atoms with Crippen LogP contribution in [0.4, 0.5) is 0 Å². The summed E-state index contributed by atoms with van der Waals surface area (Å²) in [6, 6.07) is 10.5. The molecule has 4 rings (SSSR count). The summed E-state index contributed by atoms with van der Waals surface area (Å²) < 4.78 is 8.00. The summed E-state index contributed by atoms with van der Waals surface area (Å²) in [6.07, 6.45) is 6.37. The molecule has 1 aromatic carbocycles. The minimum atomic E-state index is 0.106. The SMILES string of the molecule is Cc1cnn(C[C@@H]2CCCN2[C@H](C)c2nnc(-c3ccccc3)o2)c1. The van der Waals surface area contributed by atoms with E-state index < -0.39 is 0 Å². The van der Waals surface area contributed by atoms with Gasteiger partial charge in [0.1, 0.15) is 0 Å². The highest BCUT2D eigenvalue weighted by molar-refractivity contribution is 5.51. The van der Waals surface area contributed by atoms with Crippen molar-refractivity contribution >= 4 is 0 Å². The van der Waals surface area contributed by atoms with E-state index in [2.05, 4.69) is 40.2 Å². The minimum absolute atomic E-state index is 0.106. The van der Waals surface area contributed by atoms with Gasteiger partial charge in [-0.3, -0.25) is 9.58 Å². The van der Waals surface area contributed by atoms with Gasteiger partial charge in [-0.05, 0) is 50.9 Å². The molecule has 0 unspecified atom stereocenters. The van der Waals surface area contributed by atoms with Gasteiger partial charge in [-0.2, -0.15) is 5.10 Å². The first-order valence-corrected chi connectivity index (χ1v) is 8.84. The first kappa shape index (κ1) is 16.0. The van der Waals surface area contributed by atoms with E-state index in [0.717, 1.165) is 18.7 Å². The molecular formula is C19H23N5O. The first-order valence-electron chi connectivity index (χ1n) is 8.84. The third-order valence-corrected chi connectivity index (χ3v) is 4.90. The Hall–Kier alpha value is -2.47. The van der Waals surface area contributed by atoms with E-state index in [-0.39, 0.29) is 6.04 Å². The predicted octanol–water partition coefficient (Wildman–Crippen LogP) is 3.47. The van der Waals surface area contributed by atoms with Crippen LogP contribution in [-0.2, 0) is 6.54 Å². The number of benzene rings is 1. The maximum Gasteiger partial charge on any atom is 0.247 e. The van der Waals surface area contributed by atoms with Crippen LogP contribution in [0.5, 0.6) is 0 Å². The van der Waals surface area contributed by atoms with Crippen molar-refractivity contribution in [3.8, 4) is 11.5 Å². The number of nitrogens with zero attached hydrogens (tertiary/aromatic N) is 5. The molecule has 2 atom stereocenters. The minimum Gasteiger partial charge on any atom is -0.419 e. The average molecular weight is 337 g/mol. The van der Waals surface area contributed by atoms with Crippen LogP contribution in [0.15, 0.2) is 47.1 Å². The van der Waals surface area contributed by atoms with Crippen LogP contribution in [0.25, 0.3) is 11.5 Å². The molecule has 25 heavy (non-hydrogen) atoms. The Balaban J connectivity index is 1.50. The highest BCUT2D eigenvalue weighted by Gasteiger charge is 2.32. The molecule has 1 aliphatic heterocycles. The van der Waals surface area contributed by atoms with Crippen LogP contribution in [-0.4, -0.2) is 37.5 Å². The third-order valence-electron chi connectivity index (χ3n) is 4.90. The zero-order valence-electron chi connectivity index (χ0n) is 14.7. The van der Waals surface area contributed by atoms with Gasteiger partial charge >= 0.3 is 0 Å². The van der Waals surface area contributed by atoms with E-state index in [1.807, 2.05) is 41.2 Å². The van der Waals surface area contributed by atoms with Crippen molar-refractivity contribution in [2.45, 2.75) is 45.3 Å². The van der Waals surface area contributed by atoms with Gasteiger partial charge in [-0.1, -0.05) is 18.2 Å². The second kappa shape index (κ2) is 6.80. The standard InChI is InChI=1S/C19H23N5O/c1-14-11-20-23(12-14)13-17-9-6-10-24(17)15(2)18-21-22-19(25-18)16-7-4-3-5-8-16/h3-5,7-8,11-12,15,17H,6,9-10,13H2,1-2H3/t15-,17+/m1/s1. The Kier molecular flexibility index (Phi) is 4.36. The Bertz CT molecular complexity index is 825. The van der Waals surface area contributed by atoms with Gasteiger partial charge in [-0.15, -0.1) is 10.2 Å². The Morgan fingerprint density at radius 1 is 1.24 bits per heavy atom. The maximum atomic E-state index is 5.96. The van der Waals surface area contributed by atoms with Gasteiger partial charge in [0, 0.05) is 17.8 Å². The quantitative estimate of drug-likeness (QED) is 0.713. The molecule has 0 saturated carbocycles. The smallest absolute Gasteiger partial charge is 0.247 e. The van der Waals surface area contributed by atoms with Crippen LogP contribution < -0.4 is 0 Å². The Labute approximate surface area is 147 Å². The summed E-state index contributed by atoms with van der Waals surface area (Å²) in [4.78, 5) is 2.46. The number of hydrogen-bond donors (Lipinski definition) is 0. The van der Waals surface area contributed by atoms with Crippen molar-refractivity contribution in [2.75, 3.05) is 6.54 Å². The van der Waals surface area contributed by atoms with E-state index in [4.69, 9.17) is 4.42 Å². The van der Waals surface area contributed by atoms with Crippen LogP contribution in [0.3, 0.4) is 0 Å². The molecule has 0 radical (unpaired) electrons. The Morgan fingerprint density at radius 2 is 2.08 bits per heavy atom. The molecule has 0 spiro atoms. The molecule has 0 N–H and O–H groups in total. The van der Waals surface area contributed by atoms with Crippen molar-refractivity contribution in [1.82, 2.24) is 24.9 Å². The average Bonchev–Trinajstić information content (AvgIpc) is 3.37. The zero-order chi connectivity index (χ0) is 17.2. The topological polar surface area (TPSA) is 60.0 Å². The molecule has 0 bridgehead atoms. The fourth-order valence-corrected chi connectivity index (χ4v) is 3.59. The Morgan fingerprint density at radius 3 is 2.84 bits per heavy atom. The fourth-order valence-electron chi connectivity index (χ4n) is 3.59. The molecule has 6 heteroatoms. The molecule has 3 aromatic rings. The lowest BCUT2D eigenvalue weighted by Crippen LogP contribution is -2.35. The normalized spacial score (nSPS) is 19.4. The highest BCUT2D eigenvalue weighted by Crippen LogP contribution is 2.30. The summed E-state index contributed by atoms with van der Waals surface area (Å²) in [5, 5.41) is 13.0. The van der Waals surface area contributed by atoms with E-state index in [9.17, 15) is 0 Å². The summed E-state index contributed by atoms with van der Waals surface area (Å²) in [7, 11) is 0. The molecule has 1 saturated heterocycles. The summed E-state index contributed by atoms with van der Waals surface area (Å²) in [5.41, 5.74) is 2.15. The van der Waals surface area contributed by atoms with Crippen molar-refractivity contribution in [2.24, 2.45) is 0 Å². The maximum absolute atomic E-state index is 5.96. The molecule has 3 heterocycles. The molecule has 130 valence electrons. The van der Waals surface area contributed by atoms with Gasteiger partial charge in [0.15, 0.2) is 0 Å². The highest BCUT2D eigenvalue weighted by atomic mass is 16.4. The third kappa shape index (κ3) is 3.35. The van der Waals surface area contributed by atoms with Crippen molar-refractivity contribution in [1.29, 1.82) is 0 Å². The second-order valence-electron chi connectivity index (χ2n) is 6.76.